The number of benzene rings is 1. The molecule has 120 valence electrons. The molecule has 5 heteroatoms. The summed E-state index contributed by atoms with van der Waals surface area (Å²) in [5, 5.41) is 23.2. The van der Waals surface area contributed by atoms with Gasteiger partial charge in [-0.3, -0.25) is 4.84 Å². The topological polar surface area (TPSA) is 62.2 Å². The fourth-order valence-electron chi connectivity index (χ4n) is 4.22. The zero-order valence-electron chi connectivity index (χ0n) is 12.6. The van der Waals surface area contributed by atoms with Crippen LogP contribution in [-0.2, 0) is 16.1 Å². The molecule has 0 bridgehead atoms. The molecule has 1 aliphatic carbocycles. The average Bonchev–Trinajstić information content (AvgIpc) is 3.10. The van der Waals surface area contributed by atoms with Crippen LogP contribution in [0.25, 0.3) is 0 Å². The predicted molar refractivity (Wildman–Crippen MR) is 79.8 cm³/mol. The van der Waals surface area contributed by atoms with E-state index in [0.29, 0.717) is 26.2 Å². The van der Waals surface area contributed by atoms with Crippen molar-refractivity contribution in [3.8, 4) is 0 Å². The van der Waals surface area contributed by atoms with Gasteiger partial charge in [0.05, 0.1) is 25.4 Å². The molecule has 3 fully saturated rings. The second kappa shape index (κ2) is 5.58. The third-order valence-corrected chi connectivity index (χ3v) is 5.45. The fraction of sp³-hybridized carbons (Fsp3) is 0.647. The average molecular weight is 305 g/mol. The lowest BCUT2D eigenvalue weighted by atomic mass is 9.80. The van der Waals surface area contributed by atoms with Gasteiger partial charge in [-0.25, -0.2) is 0 Å². The Bertz CT molecular complexity index is 525. The first-order valence-electron chi connectivity index (χ1n) is 8.14. The number of nitrogens with zero attached hydrogens (tertiary/aromatic N) is 1. The predicted octanol–water partition coefficient (Wildman–Crippen LogP) is 1.09. The van der Waals surface area contributed by atoms with E-state index >= 15 is 0 Å². The lowest BCUT2D eigenvalue weighted by Gasteiger charge is -2.47. The summed E-state index contributed by atoms with van der Waals surface area (Å²) in [6.45, 7) is 1.76. The molecular weight excluding hydrogens is 282 g/mol. The molecular formula is C17H23NO4. The van der Waals surface area contributed by atoms with Crippen molar-refractivity contribution in [2.75, 3.05) is 13.2 Å². The van der Waals surface area contributed by atoms with Gasteiger partial charge in [0.25, 0.3) is 0 Å². The van der Waals surface area contributed by atoms with Crippen LogP contribution >= 0.6 is 0 Å². The third-order valence-electron chi connectivity index (χ3n) is 5.45. The minimum absolute atomic E-state index is 0.110. The monoisotopic (exact) mass is 305 g/mol. The summed E-state index contributed by atoms with van der Waals surface area (Å²) in [6.07, 6.45) is 1.03. The largest absolute Gasteiger partial charge is 0.390 e. The van der Waals surface area contributed by atoms with Gasteiger partial charge in [0.2, 0.25) is 0 Å². The van der Waals surface area contributed by atoms with Crippen molar-refractivity contribution >= 4 is 0 Å². The third kappa shape index (κ3) is 2.20. The maximum atomic E-state index is 10.9. The molecule has 3 aliphatic rings. The number of hydrogen-bond acceptors (Lipinski definition) is 5. The van der Waals surface area contributed by atoms with Gasteiger partial charge >= 0.3 is 0 Å². The summed E-state index contributed by atoms with van der Waals surface area (Å²) >= 11 is 0. The molecule has 0 radical (unpaired) electrons. The maximum absolute atomic E-state index is 10.9. The van der Waals surface area contributed by atoms with E-state index in [2.05, 4.69) is 12.1 Å². The highest BCUT2D eigenvalue weighted by Crippen LogP contribution is 2.45. The van der Waals surface area contributed by atoms with Gasteiger partial charge in [-0.05, 0) is 24.8 Å². The molecule has 1 spiro atoms. The molecule has 0 unspecified atom stereocenters. The molecule has 0 amide bonds. The van der Waals surface area contributed by atoms with Crippen molar-refractivity contribution in [2.24, 2.45) is 5.92 Å². The number of fused-ring (bicyclic) bond motifs is 1. The lowest BCUT2D eigenvalue weighted by molar-refractivity contribution is -0.241. The van der Waals surface area contributed by atoms with E-state index in [4.69, 9.17) is 9.57 Å². The van der Waals surface area contributed by atoms with Crippen LogP contribution in [0.5, 0.6) is 0 Å². The molecule has 2 heterocycles. The lowest BCUT2D eigenvalue weighted by Crippen LogP contribution is -2.64. The molecule has 2 saturated heterocycles. The molecule has 5 atom stereocenters. The number of ether oxygens (including phenoxy) is 1. The van der Waals surface area contributed by atoms with Crippen molar-refractivity contribution in [2.45, 2.75) is 49.7 Å². The first-order chi connectivity index (χ1) is 10.7. The molecule has 1 aromatic carbocycles. The Morgan fingerprint density at radius 2 is 2.00 bits per heavy atom. The molecule has 0 aromatic heterocycles. The van der Waals surface area contributed by atoms with E-state index in [-0.39, 0.29) is 12.0 Å². The number of rotatable bonds is 2. The summed E-state index contributed by atoms with van der Waals surface area (Å²) in [5.41, 5.74) is 0.354. The standard InChI is InChI=1S/C17H23NO4/c19-14-7-4-8-17(14)16(20)15-13(10-21-17)11-22-18(15)9-12-5-2-1-3-6-12/h1-3,5-6,13-16,19-20H,4,7-11H2/t13-,14+,15+,16-,17+/m1/s1. The number of hydroxylamine groups is 2. The molecule has 4 rings (SSSR count). The molecule has 5 nitrogen and oxygen atoms in total. The van der Waals surface area contributed by atoms with Crippen LogP contribution in [0.2, 0.25) is 0 Å². The molecule has 22 heavy (non-hydrogen) atoms. The number of hydrogen-bond donors (Lipinski definition) is 2. The SMILES string of the molecule is O[C@@H]1[C@@H]2[C@@H](CON2Cc2ccccc2)CO[C@]12CCC[C@@H]2O. The first kappa shape index (κ1) is 14.6. The first-order valence-corrected chi connectivity index (χ1v) is 8.14. The fourth-order valence-corrected chi connectivity index (χ4v) is 4.22. The highest BCUT2D eigenvalue weighted by Gasteiger charge is 2.59. The van der Waals surface area contributed by atoms with E-state index in [1.54, 1.807) is 0 Å². The van der Waals surface area contributed by atoms with E-state index in [1.807, 2.05) is 23.3 Å². The normalized spacial score (nSPS) is 41.9. The summed E-state index contributed by atoms with van der Waals surface area (Å²) in [5.74, 6) is 0.164. The second-order valence-electron chi connectivity index (χ2n) is 6.73. The summed E-state index contributed by atoms with van der Waals surface area (Å²) in [6, 6.07) is 10.0. The summed E-state index contributed by atoms with van der Waals surface area (Å²) in [7, 11) is 0. The van der Waals surface area contributed by atoms with Gasteiger partial charge in [0.1, 0.15) is 11.7 Å². The van der Waals surface area contributed by atoms with Gasteiger partial charge in [-0.2, -0.15) is 5.06 Å². The van der Waals surface area contributed by atoms with Crippen molar-refractivity contribution in [1.29, 1.82) is 0 Å². The second-order valence-corrected chi connectivity index (χ2v) is 6.73. The Morgan fingerprint density at radius 3 is 2.73 bits per heavy atom. The summed E-state index contributed by atoms with van der Waals surface area (Å²) < 4.78 is 5.96. The maximum Gasteiger partial charge on any atom is 0.121 e. The van der Waals surface area contributed by atoms with Gasteiger partial charge in [0, 0.05) is 12.5 Å². The van der Waals surface area contributed by atoms with Crippen LogP contribution in [0.15, 0.2) is 30.3 Å². The zero-order chi connectivity index (χ0) is 15.2. The smallest absolute Gasteiger partial charge is 0.121 e. The van der Waals surface area contributed by atoms with E-state index in [9.17, 15) is 10.2 Å². The Labute approximate surface area is 130 Å². The van der Waals surface area contributed by atoms with E-state index in [0.717, 1.165) is 18.4 Å². The quantitative estimate of drug-likeness (QED) is 0.856. The van der Waals surface area contributed by atoms with Crippen LogP contribution in [0, 0.1) is 5.92 Å². The van der Waals surface area contributed by atoms with E-state index < -0.39 is 17.8 Å². The van der Waals surface area contributed by atoms with Crippen LogP contribution in [-0.4, -0.2) is 52.3 Å². The van der Waals surface area contributed by atoms with Crippen molar-refractivity contribution in [1.82, 2.24) is 5.06 Å². The van der Waals surface area contributed by atoms with Crippen LogP contribution in [0.1, 0.15) is 24.8 Å². The zero-order valence-corrected chi connectivity index (χ0v) is 12.6. The Morgan fingerprint density at radius 1 is 1.18 bits per heavy atom. The Kier molecular flexibility index (Phi) is 3.71. The van der Waals surface area contributed by atoms with Gasteiger partial charge in [0.15, 0.2) is 0 Å². The molecule has 1 saturated carbocycles. The van der Waals surface area contributed by atoms with Crippen molar-refractivity contribution < 1.29 is 19.8 Å². The van der Waals surface area contributed by atoms with E-state index in [1.165, 1.54) is 0 Å². The molecule has 2 aliphatic heterocycles. The van der Waals surface area contributed by atoms with Crippen LogP contribution in [0.4, 0.5) is 0 Å². The Hall–Kier alpha value is -0.980. The van der Waals surface area contributed by atoms with Crippen molar-refractivity contribution in [3.05, 3.63) is 35.9 Å². The van der Waals surface area contributed by atoms with Crippen molar-refractivity contribution in [3.63, 3.8) is 0 Å². The van der Waals surface area contributed by atoms with Gasteiger partial charge in [-0.1, -0.05) is 30.3 Å². The number of aliphatic hydroxyl groups is 2. The number of aliphatic hydroxyl groups excluding tert-OH is 2. The van der Waals surface area contributed by atoms with Crippen LogP contribution in [0.3, 0.4) is 0 Å². The van der Waals surface area contributed by atoms with Crippen LogP contribution < -0.4 is 0 Å². The summed E-state index contributed by atoms with van der Waals surface area (Å²) in [4.78, 5) is 5.82. The Balaban J connectivity index is 1.56. The minimum atomic E-state index is -0.802. The highest BCUT2D eigenvalue weighted by atomic mass is 16.7. The van der Waals surface area contributed by atoms with Gasteiger partial charge in [-0.15, -0.1) is 0 Å². The minimum Gasteiger partial charge on any atom is -0.390 e. The molecule has 1 aromatic rings. The molecule has 2 N–H and O–H groups in total. The van der Waals surface area contributed by atoms with Gasteiger partial charge < -0.3 is 14.9 Å². The highest BCUT2D eigenvalue weighted by molar-refractivity contribution is 5.15.